The summed E-state index contributed by atoms with van der Waals surface area (Å²) in [5.74, 6) is -0.780. The summed E-state index contributed by atoms with van der Waals surface area (Å²) in [5.41, 5.74) is -0.812. The van der Waals surface area contributed by atoms with E-state index in [1.807, 2.05) is 24.0 Å². The number of hydrogen-bond acceptors (Lipinski definition) is 3. The van der Waals surface area contributed by atoms with E-state index in [1.54, 1.807) is 6.92 Å². The highest BCUT2D eigenvalue weighted by Crippen LogP contribution is 2.15. The van der Waals surface area contributed by atoms with Crippen LogP contribution in [0.15, 0.2) is 12.4 Å². The molecule has 0 aliphatic rings. The Bertz CT molecular complexity index is 394. The first-order chi connectivity index (χ1) is 8.48. The highest BCUT2D eigenvalue weighted by Gasteiger charge is 2.30. The molecule has 6 heteroatoms. The number of unbranched alkanes of at least 4 members (excludes halogenated alkanes) is 1. The maximum Gasteiger partial charge on any atom is 0.323 e. The highest BCUT2D eigenvalue weighted by molar-refractivity contribution is 14.1. The zero-order valence-electron chi connectivity index (χ0n) is 10.8. The molecule has 0 saturated carbocycles. The number of likely N-dealkylation sites (N-methyl/N-ethyl adjacent to an activating group) is 1. The van der Waals surface area contributed by atoms with E-state index >= 15 is 0 Å². The maximum absolute atomic E-state index is 11.2. The molecule has 1 rings (SSSR count). The van der Waals surface area contributed by atoms with Crippen molar-refractivity contribution in [3.05, 3.63) is 16.0 Å². The lowest BCUT2D eigenvalue weighted by molar-refractivity contribution is -0.144. The Morgan fingerprint density at radius 1 is 1.61 bits per heavy atom. The number of carbonyl (C=O) groups is 1. The average Bonchev–Trinajstić information content (AvgIpc) is 2.71. The molecule has 0 aliphatic heterocycles. The number of halogens is 1. The van der Waals surface area contributed by atoms with Crippen LogP contribution in [0.5, 0.6) is 0 Å². The first-order valence-corrected chi connectivity index (χ1v) is 7.22. The van der Waals surface area contributed by atoms with Crippen LogP contribution in [-0.2, 0) is 11.3 Å². The van der Waals surface area contributed by atoms with E-state index in [9.17, 15) is 9.90 Å². The van der Waals surface area contributed by atoms with Gasteiger partial charge in [-0.05, 0) is 55.3 Å². The zero-order valence-corrected chi connectivity index (χ0v) is 13.0. The van der Waals surface area contributed by atoms with Crippen molar-refractivity contribution in [3.63, 3.8) is 0 Å². The number of aryl methyl sites for hydroxylation is 1. The van der Waals surface area contributed by atoms with Crippen molar-refractivity contribution >= 4 is 28.6 Å². The van der Waals surface area contributed by atoms with Crippen molar-refractivity contribution < 1.29 is 9.90 Å². The minimum atomic E-state index is -0.812. The molecule has 5 nitrogen and oxygen atoms in total. The molecule has 0 amide bonds. The van der Waals surface area contributed by atoms with Crippen LogP contribution in [0.1, 0.15) is 33.1 Å². The second kappa shape index (κ2) is 7.08. The zero-order chi connectivity index (χ0) is 13.6. The number of aliphatic carboxylic acids is 1. The van der Waals surface area contributed by atoms with E-state index in [0.29, 0.717) is 13.0 Å². The van der Waals surface area contributed by atoms with Crippen LogP contribution in [0.25, 0.3) is 0 Å². The standard InChI is InChI=1S/C12H20IN3O2/c1-3-14-12(2,11(17)18)6-4-5-7-16-9-10(13)8-15-16/h8-9,14H,3-7H2,1-2H3,(H,17,18). The topological polar surface area (TPSA) is 67.2 Å². The Morgan fingerprint density at radius 2 is 2.33 bits per heavy atom. The first kappa shape index (κ1) is 15.4. The van der Waals surface area contributed by atoms with Crippen molar-refractivity contribution in [2.45, 2.75) is 45.2 Å². The van der Waals surface area contributed by atoms with Crippen LogP contribution >= 0.6 is 22.6 Å². The molecule has 0 spiro atoms. The Labute approximate surface area is 121 Å². The van der Waals surface area contributed by atoms with Gasteiger partial charge in [0.25, 0.3) is 0 Å². The van der Waals surface area contributed by atoms with Gasteiger partial charge in [-0.15, -0.1) is 0 Å². The molecule has 1 aromatic heterocycles. The van der Waals surface area contributed by atoms with Gasteiger partial charge in [0.05, 0.1) is 9.77 Å². The van der Waals surface area contributed by atoms with Crippen LogP contribution < -0.4 is 5.32 Å². The van der Waals surface area contributed by atoms with E-state index < -0.39 is 11.5 Å². The quantitative estimate of drug-likeness (QED) is 0.547. The van der Waals surface area contributed by atoms with Crippen LogP contribution in [0.3, 0.4) is 0 Å². The molecule has 0 aliphatic carbocycles. The second-order valence-electron chi connectivity index (χ2n) is 4.55. The lowest BCUT2D eigenvalue weighted by Gasteiger charge is -2.25. The van der Waals surface area contributed by atoms with E-state index in [0.717, 1.165) is 23.0 Å². The van der Waals surface area contributed by atoms with Gasteiger partial charge in [-0.2, -0.15) is 5.10 Å². The van der Waals surface area contributed by atoms with Gasteiger partial charge in [0, 0.05) is 12.7 Å². The van der Waals surface area contributed by atoms with Crippen molar-refractivity contribution in [2.24, 2.45) is 0 Å². The summed E-state index contributed by atoms with van der Waals surface area (Å²) in [6, 6.07) is 0. The summed E-state index contributed by atoms with van der Waals surface area (Å²) in [5, 5.41) is 16.4. The minimum Gasteiger partial charge on any atom is -0.480 e. The lowest BCUT2D eigenvalue weighted by atomic mass is 9.95. The van der Waals surface area contributed by atoms with Crippen molar-refractivity contribution in [1.82, 2.24) is 15.1 Å². The second-order valence-corrected chi connectivity index (χ2v) is 5.79. The molecule has 1 aromatic rings. The Kier molecular flexibility index (Phi) is 6.07. The third-order valence-electron chi connectivity index (χ3n) is 2.95. The Balaban J connectivity index is 2.33. The molecule has 2 N–H and O–H groups in total. The predicted molar refractivity (Wildman–Crippen MR) is 78.5 cm³/mol. The largest absolute Gasteiger partial charge is 0.480 e. The summed E-state index contributed by atoms with van der Waals surface area (Å²) in [7, 11) is 0. The molecule has 1 unspecified atom stereocenters. The van der Waals surface area contributed by atoms with Crippen LogP contribution in [0.4, 0.5) is 0 Å². The van der Waals surface area contributed by atoms with Gasteiger partial charge in [0.1, 0.15) is 5.54 Å². The number of rotatable bonds is 8. The number of nitrogens with zero attached hydrogens (tertiary/aromatic N) is 2. The number of nitrogens with one attached hydrogen (secondary N) is 1. The Morgan fingerprint density at radius 3 is 2.83 bits per heavy atom. The molecule has 1 heterocycles. The maximum atomic E-state index is 11.2. The van der Waals surface area contributed by atoms with Gasteiger partial charge in [-0.25, -0.2) is 0 Å². The van der Waals surface area contributed by atoms with Crippen LogP contribution in [-0.4, -0.2) is 32.9 Å². The summed E-state index contributed by atoms with van der Waals surface area (Å²) in [6.45, 7) is 5.17. The van der Waals surface area contributed by atoms with Gasteiger partial charge in [-0.1, -0.05) is 6.92 Å². The molecule has 1 atom stereocenters. The van der Waals surface area contributed by atoms with Gasteiger partial charge < -0.3 is 10.4 Å². The molecule has 18 heavy (non-hydrogen) atoms. The van der Waals surface area contributed by atoms with Crippen molar-refractivity contribution in [2.75, 3.05) is 6.54 Å². The fraction of sp³-hybridized carbons (Fsp3) is 0.667. The van der Waals surface area contributed by atoms with Gasteiger partial charge in [0.2, 0.25) is 0 Å². The SMILES string of the molecule is CCNC(C)(CCCCn1cc(I)cn1)C(=O)O. The first-order valence-electron chi connectivity index (χ1n) is 6.14. The fourth-order valence-corrected chi connectivity index (χ4v) is 2.32. The monoisotopic (exact) mass is 365 g/mol. The van der Waals surface area contributed by atoms with Crippen molar-refractivity contribution in [3.8, 4) is 0 Å². The summed E-state index contributed by atoms with van der Waals surface area (Å²) in [4.78, 5) is 11.2. The molecule has 0 saturated heterocycles. The molecule has 0 fully saturated rings. The van der Waals surface area contributed by atoms with E-state index in [1.165, 1.54) is 0 Å². The Hall–Kier alpha value is -0.630. The average molecular weight is 365 g/mol. The number of carboxylic acid groups (broad SMARTS) is 1. The van der Waals surface area contributed by atoms with E-state index in [2.05, 4.69) is 33.0 Å². The molecular formula is C12H20IN3O2. The van der Waals surface area contributed by atoms with Gasteiger partial charge in [-0.3, -0.25) is 9.48 Å². The summed E-state index contributed by atoms with van der Waals surface area (Å²) >= 11 is 2.22. The van der Waals surface area contributed by atoms with E-state index in [4.69, 9.17) is 0 Å². The van der Waals surface area contributed by atoms with Crippen LogP contribution in [0, 0.1) is 3.57 Å². The predicted octanol–water partition coefficient (Wildman–Crippen LogP) is 2.11. The molecule has 0 bridgehead atoms. The third kappa shape index (κ3) is 4.56. The molecule has 102 valence electrons. The highest BCUT2D eigenvalue weighted by atomic mass is 127. The van der Waals surface area contributed by atoms with Gasteiger partial charge in [0.15, 0.2) is 0 Å². The molecule has 0 radical (unpaired) electrons. The van der Waals surface area contributed by atoms with Crippen LogP contribution in [0.2, 0.25) is 0 Å². The van der Waals surface area contributed by atoms with Gasteiger partial charge >= 0.3 is 5.97 Å². The number of aromatic nitrogens is 2. The molecular weight excluding hydrogens is 345 g/mol. The summed E-state index contributed by atoms with van der Waals surface area (Å²) < 4.78 is 3.02. The van der Waals surface area contributed by atoms with Crippen molar-refractivity contribution in [1.29, 1.82) is 0 Å². The normalized spacial score (nSPS) is 14.4. The number of carboxylic acids is 1. The molecule has 0 aromatic carbocycles. The minimum absolute atomic E-state index is 0.633. The fourth-order valence-electron chi connectivity index (χ4n) is 1.87. The smallest absolute Gasteiger partial charge is 0.323 e. The lowest BCUT2D eigenvalue weighted by Crippen LogP contribution is -2.49. The number of hydrogen-bond donors (Lipinski definition) is 2. The van der Waals surface area contributed by atoms with E-state index in [-0.39, 0.29) is 0 Å². The summed E-state index contributed by atoms with van der Waals surface area (Å²) in [6.07, 6.45) is 6.24. The third-order valence-corrected chi connectivity index (χ3v) is 3.51.